The maximum absolute atomic E-state index is 12.6. The molecule has 0 aliphatic rings. The van der Waals surface area contributed by atoms with Gasteiger partial charge in [0.05, 0.1) is 16.8 Å². The van der Waals surface area contributed by atoms with Crippen LogP contribution in [-0.4, -0.2) is 23.8 Å². The lowest BCUT2D eigenvalue weighted by molar-refractivity contribution is 0.0735. The van der Waals surface area contributed by atoms with Gasteiger partial charge in [-0.3, -0.25) is 5.43 Å². The average molecular weight is 412 g/mol. The van der Waals surface area contributed by atoms with E-state index < -0.39 is 5.97 Å². The first-order valence-corrected chi connectivity index (χ1v) is 9.44. The van der Waals surface area contributed by atoms with Crippen LogP contribution in [0.2, 0.25) is 5.02 Å². The van der Waals surface area contributed by atoms with E-state index in [4.69, 9.17) is 28.6 Å². The second kappa shape index (κ2) is 9.30. The zero-order valence-electron chi connectivity index (χ0n) is 15.1. The third kappa shape index (κ3) is 4.65. The van der Waals surface area contributed by atoms with Crippen molar-refractivity contribution in [3.8, 4) is 5.75 Å². The quantitative estimate of drug-likeness (QED) is 0.212. The summed E-state index contributed by atoms with van der Waals surface area (Å²) in [6.45, 7) is 2.63. The number of fused-ring (bicyclic) bond motifs is 1. The Morgan fingerprint density at radius 2 is 1.89 bits per heavy atom. The Labute approximate surface area is 173 Å². The van der Waals surface area contributed by atoms with Gasteiger partial charge in [-0.15, -0.1) is 0 Å². The highest BCUT2D eigenvalue weighted by Crippen LogP contribution is 2.28. The predicted octanol–water partition coefficient (Wildman–Crippen LogP) is 4.53. The van der Waals surface area contributed by atoms with Gasteiger partial charge in [0.2, 0.25) is 0 Å². The van der Waals surface area contributed by atoms with Crippen LogP contribution in [0.15, 0.2) is 65.8 Å². The van der Waals surface area contributed by atoms with Crippen LogP contribution in [0.3, 0.4) is 0 Å². The second-order valence-corrected chi connectivity index (χ2v) is 6.61. The molecule has 5 nitrogen and oxygen atoms in total. The maximum Gasteiger partial charge on any atom is 0.345 e. The molecule has 0 aliphatic carbocycles. The normalized spacial score (nSPS) is 10.8. The SMILES string of the molecule is CCNC(=S)N/N=C\c1c(OC(=O)c2ccccc2Cl)ccc2ccccc12. The Hall–Kier alpha value is -2.96. The summed E-state index contributed by atoms with van der Waals surface area (Å²) in [6.07, 6.45) is 1.58. The smallest absolute Gasteiger partial charge is 0.345 e. The highest BCUT2D eigenvalue weighted by molar-refractivity contribution is 7.80. The first kappa shape index (κ1) is 19.8. The van der Waals surface area contributed by atoms with E-state index in [-0.39, 0.29) is 0 Å². The van der Waals surface area contributed by atoms with Gasteiger partial charge in [0.25, 0.3) is 0 Å². The molecule has 0 saturated carbocycles. The fourth-order valence-corrected chi connectivity index (χ4v) is 3.04. The summed E-state index contributed by atoms with van der Waals surface area (Å²) in [5.41, 5.74) is 3.70. The van der Waals surface area contributed by atoms with Crippen molar-refractivity contribution in [2.75, 3.05) is 6.54 Å². The van der Waals surface area contributed by atoms with Crippen LogP contribution < -0.4 is 15.5 Å². The first-order valence-electron chi connectivity index (χ1n) is 8.65. The van der Waals surface area contributed by atoms with Crippen LogP contribution in [-0.2, 0) is 0 Å². The summed E-state index contributed by atoms with van der Waals surface area (Å²) in [7, 11) is 0. The zero-order chi connectivity index (χ0) is 19.9. The Kier molecular flexibility index (Phi) is 6.57. The van der Waals surface area contributed by atoms with Crippen molar-refractivity contribution in [2.45, 2.75) is 6.92 Å². The van der Waals surface area contributed by atoms with Crippen molar-refractivity contribution in [3.63, 3.8) is 0 Å². The van der Waals surface area contributed by atoms with Crippen LogP contribution in [0.4, 0.5) is 0 Å². The number of nitrogens with zero attached hydrogens (tertiary/aromatic N) is 1. The Bertz CT molecular complexity index is 1050. The van der Waals surface area contributed by atoms with E-state index in [9.17, 15) is 4.79 Å². The molecule has 2 N–H and O–H groups in total. The van der Waals surface area contributed by atoms with Gasteiger partial charge in [0.1, 0.15) is 5.75 Å². The molecule has 0 bridgehead atoms. The molecule has 0 atom stereocenters. The van der Waals surface area contributed by atoms with Gasteiger partial charge in [0.15, 0.2) is 5.11 Å². The molecule has 0 amide bonds. The van der Waals surface area contributed by atoms with Gasteiger partial charge in [-0.25, -0.2) is 4.79 Å². The summed E-state index contributed by atoms with van der Waals surface area (Å²) < 4.78 is 5.63. The molecule has 3 rings (SSSR count). The van der Waals surface area contributed by atoms with E-state index in [0.717, 1.165) is 10.8 Å². The van der Waals surface area contributed by atoms with Crippen molar-refractivity contribution in [1.29, 1.82) is 0 Å². The van der Waals surface area contributed by atoms with E-state index >= 15 is 0 Å². The highest BCUT2D eigenvalue weighted by atomic mass is 35.5. The number of halogens is 1. The molecule has 28 heavy (non-hydrogen) atoms. The Morgan fingerprint density at radius 3 is 2.68 bits per heavy atom. The lowest BCUT2D eigenvalue weighted by atomic mass is 10.0. The molecule has 0 spiro atoms. The van der Waals surface area contributed by atoms with Gasteiger partial charge in [-0.1, -0.05) is 54.1 Å². The minimum absolute atomic E-state index is 0.298. The number of hydrazone groups is 1. The van der Waals surface area contributed by atoms with Crippen LogP contribution in [0.1, 0.15) is 22.8 Å². The van der Waals surface area contributed by atoms with Gasteiger partial charge < -0.3 is 10.1 Å². The highest BCUT2D eigenvalue weighted by Gasteiger charge is 2.15. The van der Waals surface area contributed by atoms with Crippen LogP contribution >= 0.6 is 23.8 Å². The third-order valence-corrected chi connectivity index (χ3v) is 4.49. The van der Waals surface area contributed by atoms with Crippen LogP contribution in [0.5, 0.6) is 5.75 Å². The van der Waals surface area contributed by atoms with Crippen molar-refractivity contribution in [1.82, 2.24) is 10.7 Å². The van der Waals surface area contributed by atoms with Crippen LogP contribution in [0.25, 0.3) is 10.8 Å². The van der Waals surface area contributed by atoms with Crippen LogP contribution in [0, 0.1) is 0 Å². The molecule has 0 heterocycles. The number of carbonyl (C=O) groups excluding carboxylic acids is 1. The summed E-state index contributed by atoms with van der Waals surface area (Å²) in [4.78, 5) is 12.6. The molecule has 3 aromatic carbocycles. The van der Waals surface area contributed by atoms with Gasteiger partial charge in [0, 0.05) is 12.1 Å². The molecular weight excluding hydrogens is 394 g/mol. The second-order valence-electron chi connectivity index (χ2n) is 5.80. The molecule has 0 unspecified atom stereocenters. The zero-order valence-corrected chi connectivity index (χ0v) is 16.7. The number of nitrogens with one attached hydrogen (secondary N) is 2. The molecule has 0 saturated heterocycles. The average Bonchev–Trinajstić information content (AvgIpc) is 2.69. The lowest BCUT2D eigenvalue weighted by Gasteiger charge is -2.11. The number of carbonyl (C=O) groups is 1. The van der Waals surface area contributed by atoms with E-state index in [1.165, 1.54) is 0 Å². The maximum atomic E-state index is 12.6. The summed E-state index contributed by atoms with van der Waals surface area (Å²) >= 11 is 11.2. The van der Waals surface area contributed by atoms with Crippen molar-refractivity contribution < 1.29 is 9.53 Å². The van der Waals surface area contributed by atoms with E-state index in [1.807, 2.05) is 37.3 Å². The fraction of sp³-hybridized carbons (Fsp3) is 0.0952. The molecule has 0 aromatic heterocycles. The summed E-state index contributed by atoms with van der Waals surface area (Å²) in [5.74, 6) is -0.157. The molecule has 7 heteroatoms. The number of thiocarbonyl (C=S) groups is 1. The molecular formula is C21H18ClN3O2S. The molecule has 142 valence electrons. The van der Waals surface area contributed by atoms with Gasteiger partial charge in [-0.2, -0.15) is 5.10 Å². The summed E-state index contributed by atoms with van der Waals surface area (Å²) in [6, 6.07) is 18.1. The number of esters is 1. The number of benzene rings is 3. The molecule has 0 fully saturated rings. The van der Waals surface area contributed by atoms with E-state index in [2.05, 4.69) is 15.8 Å². The van der Waals surface area contributed by atoms with E-state index in [1.54, 1.807) is 36.5 Å². The fourth-order valence-electron chi connectivity index (χ4n) is 2.63. The Morgan fingerprint density at radius 1 is 1.14 bits per heavy atom. The summed E-state index contributed by atoms with van der Waals surface area (Å²) in [5, 5.41) is 9.76. The van der Waals surface area contributed by atoms with Crippen molar-refractivity contribution >= 4 is 51.9 Å². The van der Waals surface area contributed by atoms with Gasteiger partial charge >= 0.3 is 5.97 Å². The van der Waals surface area contributed by atoms with Gasteiger partial charge in [-0.05, 0) is 48.1 Å². The predicted molar refractivity (Wildman–Crippen MR) is 117 cm³/mol. The van der Waals surface area contributed by atoms with Crippen molar-refractivity contribution in [2.24, 2.45) is 5.10 Å². The molecule has 3 aromatic rings. The third-order valence-electron chi connectivity index (χ3n) is 3.92. The number of hydrogen-bond donors (Lipinski definition) is 2. The molecule has 0 radical (unpaired) electrons. The Balaban J connectivity index is 1.95. The minimum atomic E-state index is -0.535. The topological polar surface area (TPSA) is 62.7 Å². The minimum Gasteiger partial charge on any atom is -0.422 e. The van der Waals surface area contributed by atoms with E-state index in [0.29, 0.717) is 33.6 Å². The van der Waals surface area contributed by atoms with Crippen molar-refractivity contribution in [3.05, 3.63) is 76.8 Å². The largest absolute Gasteiger partial charge is 0.422 e. The number of rotatable bonds is 5. The first-order chi connectivity index (χ1) is 13.6. The standard InChI is InChI=1S/C21H18ClN3O2S/c1-2-23-21(28)25-24-13-17-15-8-4-3-7-14(15)11-12-19(17)27-20(26)16-9-5-6-10-18(16)22/h3-13H,2H2,1H3,(H2,23,25,28)/b24-13-. The number of hydrogen-bond acceptors (Lipinski definition) is 4. The molecule has 0 aliphatic heterocycles. The lowest BCUT2D eigenvalue weighted by Crippen LogP contribution is -2.31. The number of ether oxygens (including phenoxy) is 1. The monoisotopic (exact) mass is 411 g/mol.